The van der Waals surface area contributed by atoms with E-state index in [0.717, 1.165) is 38.5 Å². The van der Waals surface area contributed by atoms with Gasteiger partial charge in [0.05, 0.1) is 25.4 Å². The van der Waals surface area contributed by atoms with Crippen LogP contribution in [0.1, 0.15) is 213 Å². The van der Waals surface area contributed by atoms with E-state index < -0.39 is 20.0 Å². The molecule has 5 N–H and O–H groups in total. The summed E-state index contributed by atoms with van der Waals surface area (Å²) in [5.41, 5.74) is 5.36. The van der Waals surface area contributed by atoms with E-state index in [2.05, 4.69) is 31.3 Å². The van der Waals surface area contributed by atoms with Gasteiger partial charge in [-0.05, 0) is 32.1 Å². The van der Waals surface area contributed by atoms with Crippen molar-refractivity contribution in [3.05, 3.63) is 24.3 Å². The van der Waals surface area contributed by atoms with Crippen molar-refractivity contribution in [2.75, 3.05) is 19.8 Å². The van der Waals surface area contributed by atoms with Crippen LogP contribution >= 0.6 is 7.82 Å². The molecule has 0 spiro atoms. The van der Waals surface area contributed by atoms with Crippen molar-refractivity contribution in [1.29, 1.82) is 0 Å². The smallest absolute Gasteiger partial charge is 0.387 e. The van der Waals surface area contributed by atoms with Crippen LogP contribution in [0.4, 0.5) is 0 Å². The van der Waals surface area contributed by atoms with Gasteiger partial charge in [-0.1, -0.05) is 199 Å². The molecule has 0 aromatic carbocycles. The summed E-state index contributed by atoms with van der Waals surface area (Å²) in [5.74, 6) is -0.202. The summed E-state index contributed by atoms with van der Waals surface area (Å²) >= 11 is 0. The Labute approximate surface area is 321 Å². The molecule has 52 heavy (non-hydrogen) atoms. The third-order valence-corrected chi connectivity index (χ3v) is 10.8. The number of amides is 1. The largest absolute Gasteiger partial charge is 0.472 e. The molecule has 308 valence electrons. The molecule has 0 rings (SSSR count). The predicted molar refractivity (Wildman–Crippen MR) is 221 cm³/mol. The van der Waals surface area contributed by atoms with Crippen LogP contribution in [-0.2, 0) is 18.4 Å². The van der Waals surface area contributed by atoms with Crippen LogP contribution in [0.3, 0.4) is 0 Å². The van der Waals surface area contributed by atoms with Gasteiger partial charge in [0.1, 0.15) is 0 Å². The van der Waals surface area contributed by atoms with Gasteiger partial charge in [0.15, 0.2) is 0 Å². The second-order valence-electron chi connectivity index (χ2n) is 14.9. The molecule has 9 heteroatoms. The van der Waals surface area contributed by atoms with Crippen LogP contribution < -0.4 is 11.1 Å². The molecule has 0 saturated carbocycles. The first-order chi connectivity index (χ1) is 25.4. The normalized spacial score (nSPS) is 14.3. The molecule has 0 saturated heterocycles. The first-order valence-electron chi connectivity index (χ1n) is 22.0. The number of allylic oxidation sites excluding steroid dienone is 3. The van der Waals surface area contributed by atoms with E-state index >= 15 is 0 Å². The number of phosphoric acid groups is 1. The maximum atomic E-state index is 12.7. The minimum Gasteiger partial charge on any atom is -0.387 e. The van der Waals surface area contributed by atoms with Crippen molar-refractivity contribution in [3.63, 3.8) is 0 Å². The molecule has 8 nitrogen and oxygen atoms in total. The van der Waals surface area contributed by atoms with Gasteiger partial charge in [0.2, 0.25) is 5.91 Å². The number of aliphatic hydroxyl groups excluding tert-OH is 1. The highest BCUT2D eigenvalue weighted by molar-refractivity contribution is 7.47. The lowest BCUT2D eigenvalue weighted by atomic mass is 10.0. The topological polar surface area (TPSA) is 131 Å². The summed E-state index contributed by atoms with van der Waals surface area (Å²) in [7, 11) is -4.34. The zero-order valence-electron chi connectivity index (χ0n) is 34.1. The Hall–Kier alpha value is -1.02. The minimum absolute atomic E-state index is 0.0757. The van der Waals surface area contributed by atoms with E-state index in [-0.39, 0.29) is 25.7 Å². The number of hydrogen-bond acceptors (Lipinski definition) is 6. The molecule has 0 heterocycles. The fraction of sp³-hybridized carbons (Fsp3) is 0.884. The fourth-order valence-electron chi connectivity index (χ4n) is 6.44. The maximum absolute atomic E-state index is 12.7. The number of carbonyl (C=O) groups excluding carboxylic acids is 1. The zero-order valence-corrected chi connectivity index (χ0v) is 35.0. The molecule has 0 aromatic rings. The van der Waals surface area contributed by atoms with Crippen molar-refractivity contribution < 1.29 is 28.4 Å². The summed E-state index contributed by atoms with van der Waals surface area (Å²) in [6.07, 6.45) is 45.3. The fourth-order valence-corrected chi connectivity index (χ4v) is 7.20. The molecule has 0 bridgehead atoms. The number of hydrogen-bond donors (Lipinski definition) is 4. The third-order valence-electron chi connectivity index (χ3n) is 9.78. The number of unbranched alkanes of at least 4 members (excludes halogenated alkanes) is 27. The van der Waals surface area contributed by atoms with E-state index in [0.29, 0.717) is 6.42 Å². The standard InChI is InChI=1S/C43H85N2O6P/c1-3-5-7-9-11-13-15-16-17-18-19-20-21-22-23-24-25-27-29-31-33-35-37-43(47)45-41(40-51-52(48,49)50-39-38-44)42(46)36-34-32-30-28-26-14-12-10-8-6-4-2/h26,28,34,36,41-42,46H,3-25,27,29-33,35,37-40,44H2,1-2H3,(H,45,47)(H,48,49)/b28-26+,36-34+. The highest BCUT2D eigenvalue weighted by Gasteiger charge is 2.26. The predicted octanol–water partition coefficient (Wildman–Crippen LogP) is 12.2. The second kappa shape index (κ2) is 39.7. The van der Waals surface area contributed by atoms with Crippen LogP contribution in [0.15, 0.2) is 24.3 Å². The number of nitrogens with two attached hydrogens (primary N) is 1. The lowest BCUT2D eigenvalue weighted by Crippen LogP contribution is -2.45. The Morgan fingerprint density at radius 1 is 0.615 bits per heavy atom. The second-order valence-corrected chi connectivity index (χ2v) is 16.4. The van der Waals surface area contributed by atoms with Gasteiger partial charge in [-0.25, -0.2) is 4.57 Å². The molecule has 3 atom stereocenters. The van der Waals surface area contributed by atoms with Crippen LogP contribution in [0.2, 0.25) is 0 Å². The molecule has 3 unspecified atom stereocenters. The Kier molecular flexibility index (Phi) is 38.9. The Morgan fingerprint density at radius 3 is 1.48 bits per heavy atom. The number of phosphoric ester groups is 1. The van der Waals surface area contributed by atoms with E-state index in [1.165, 1.54) is 154 Å². The van der Waals surface area contributed by atoms with Crippen molar-refractivity contribution in [2.24, 2.45) is 5.73 Å². The average Bonchev–Trinajstić information content (AvgIpc) is 3.13. The monoisotopic (exact) mass is 757 g/mol. The summed E-state index contributed by atoms with van der Waals surface area (Å²) in [5, 5.41) is 13.6. The molecule has 0 aliphatic carbocycles. The molecule has 0 aromatic heterocycles. The first-order valence-corrected chi connectivity index (χ1v) is 23.5. The van der Waals surface area contributed by atoms with Gasteiger partial charge in [0.25, 0.3) is 0 Å². The molecular weight excluding hydrogens is 671 g/mol. The molecule has 0 fully saturated rings. The van der Waals surface area contributed by atoms with E-state index in [1.807, 2.05) is 6.08 Å². The summed E-state index contributed by atoms with van der Waals surface area (Å²) in [6, 6.07) is -0.871. The van der Waals surface area contributed by atoms with Gasteiger partial charge in [0, 0.05) is 13.0 Å². The van der Waals surface area contributed by atoms with E-state index in [1.54, 1.807) is 6.08 Å². The van der Waals surface area contributed by atoms with Crippen LogP contribution in [0, 0.1) is 0 Å². The summed E-state index contributed by atoms with van der Waals surface area (Å²) < 4.78 is 22.1. The molecule has 0 radical (unpaired) electrons. The minimum atomic E-state index is -4.34. The van der Waals surface area contributed by atoms with Crippen molar-refractivity contribution >= 4 is 13.7 Å². The third kappa shape index (κ3) is 37.3. The lowest BCUT2D eigenvalue weighted by Gasteiger charge is -2.23. The van der Waals surface area contributed by atoms with Gasteiger partial charge in [-0.15, -0.1) is 0 Å². The van der Waals surface area contributed by atoms with Crippen LogP contribution in [0.25, 0.3) is 0 Å². The summed E-state index contributed by atoms with van der Waals surface area (Å²) in [6.45, 7) is 4.10. The maximum Gasteiger partial charge on any atom is 0.472 e. The average molecular weight is 757 g/mol. The number of aliphatic hydroxyl groups is 1. The van der Waals surface area contributed by atoms with Crippen molar-refractivity contribution in [3.8, 4) is 0 Å². The van der Waals surface area contributed by atoms with Gasteiger partial charge >= 0.3 is 7.82 Å². The number of rotatable bonds is 41. The van der Waals surface area contributed by atoms with Crippen molar-refractivity contribution in [1.82, 2.24) is 5.32 Å². The zero-order chi connectivity index (χ0) is 38.2. The van der Waals surface area contributed by atoms with Gasteiger partial charge in [-0.3, -0.25) is 13.8 Å². The van der Waals surface area contributed by atoms with E-state index in [4.69, 9.17) is 14.8 Å². The van der Waals surface area contributed by atoms with Crippen LogP contribution in [-0.4, -0.2) is 47.8 Å². The highest BCUT2D eigenvalue weighted by atomic mass is 31.2. The molecule has 0 aliphatic rings. The molecule has 0 aliphatic heterocycles. The van der Waals surface area contributed by atoms with Crippen LogP contribution in [0.5, 0.6) is 0 Å². The molecule has 1 amide bonds. The SMILES string of the molecule is CCCCCCC/C=C/CC/C=C/C(O)C(COP(=O)(O)OCCN)NC(=O)CCCCCCCCCCCCCCCCCCCCCCCC. The Bertz CT molecular complexity index is 871. The highest BCUT2D eigenvalue weighted by Crippen LogP contribution is 2.43. The Morgan fingerprint density at radius 2 is 1.02 bits per heavy atom. The molecular formula is C43H85N2O6P. The number of nitrogens with one attached hydrogen (secondary N) is 1. The Balaban J connectivity index is 4.08. The summed E-state index contributed by atoms with van der Waals surface area (Å²) in [4.78, 5) is 22.6. The van der Waals surface area contributed by atoms with Gasteiger partial charge < -0.3 is 21.1 Å². The first kappa shape index (κ1) is 51.0. The quantitative estimate of drug-likeness (QED) is 0.0277. The van der Waals surface area contributed by atoms with E-state index in [9.17, 15) is 19.4 Å². The van der Waals surface area contributed by atoms with Gasteiger partial charge in [-0.2, -0.15) is 0 Å². The van der Waals surface area contributed by atoms with Crippen molar-refractivity contribution in [2.45, 2.75) is 225 Å². The lowest BCUT2D eigenvalue weighted by molar-refractivity contribution is -0.123. The number of carbonyl (C=O) groups is 1.